The zero-order valence-electron chi connectivity index (χ0n) is 13.0. The number of rotatable bonds is 3. The summed E-state index contributed by atoms with van der Waals surface area (Å²) in [6.07, 6.45) is 6.06. The van der Waals surface area contributed by atoms with E-state index in [0.717, 1.165) is 17.0 Å². The van der Waals surface area contributed by atoms with Crippen molar-refractivity contribution >= 4 is 11.6 Å². The largest absolute Gasteiger partial charge is 0.317 e. The van der Waals surface area contributed by atoms with Gasteiger partial charge in [0, 0.05) is 18.1 Å². The Kier molecular flexibility index (Phi) is 3.80. The fourth-order valence-corrected chi connectivity index (χ4v) is 2.01. The average molecular weight is 309 g/mol. The maximum absolute atomic E-state index is 12.0. The van der Waals surface area contributed by atoms with Crippen LogP contribution in [0.5, 0.6) is 0 Å². The molecule has 0 unspecified atom stereocenters. The monoisotopic (exact) mass is 309 g/mol. The molecule has 0 radical (unpaired) electrons. The molecule has 0 atom stereocenters. The molecule has 0 saturated carbocycles. The molecule has 3 aromatic heterocycles. The topological polar surface area (TPSA) is 98.5 Å². The Bertz CT molecular complexity index is 840. The van der Waals surface area contributed by atoms with E-state index in [1.807, 2.05) is 20.8 Å². The van der Waals surface area contributed by atoms with Crippen molar-refractivity contribution in [1.29, 1.82) is 0 Å². The first-order chi connectivity index (χ1) is 11.1. The molecular formula is C15H15N7O. The van der Waals surface area contributed by atoms with E-state index in [4.69, 9.17) is 0 Å². The molecule has 3 heterocycles. The lowest BCUT2D eigenvalue weighted by Crippen LogP contribution is -2.16. The van der Waals surface area contributed by atoms with Gasteiger partial charge in [-0.2, -0.15) is 5.10 Å². The van der Waals surface area contributed by atoms with E-state index < -0.39 is 5.91 Å². The molecule has 1 N–H and O–H groups in total. The van der Waals surface area contributed by atoms with Crippen LogP contribution in [0.25, 0.3) is 5.95 Å². The van der Waals surface area contributed by atoms with Gasteiger partial charge in [-0.05, 0) is 32.4 Å². The molecular weight excluding hydrogens is 294 g/mol. The Labute approximate surface area is 132 Å². The van der Waals surface area contributed by atoms with E-state index in [1.165, 1.54) is 24.8 Å². The summed E-state index contributed by atoms with van der Waals surface area (Å²) in [7, 11) is 0. The number of anilines is 1. The van der Waals surface area contributed by atoms with Crippen molar-refractivity contribution in [2.45, 2.75) is 20.8 Å². The summed E-state index contributed by atoms with van der Waals surface area (Å²) in [4.78, 5) is 28.2. The number of amides is 1. The van der Waals surface area contributed by atoms with Crippen LogP contribution in [0, 0.1) is 20.8 Å². The molecule has 0 aromatic carbocycles. The zero-order chi connectivity index (χ0) is 16.4. The number of carbonyl (C=O) groups excluding carboxylic acids is 1. The molecule has 0 saturated heterocycles. The molecule has 116 valence electrons. The van der Waals surface area contributed by atoms with Gasteiger partial charge in [0.05, 0.1) is 23.8 Å². The Morgan fingerprint density at radius 2 is 1.70 bits per heavy atom. The molecule has 0 bridgehead atoms. The Balaban J connectivity index is 1.80. The van der Waals surface area contributed by atoms with Crippen molar-refractivity contribution in [3.8, 4) is 5.95 Å². The van der Waals surface area contributed by atoms with Gasteiger partial charge in [-0.15, -0.1) is 0 Å². The molecule has 0 aliphatic carbocycles. The van der Waals surface area contributed by atoms with E-state index >= 15 is 0 Å². The van der Waals surface area contributed by atoms with Gasteiger partial charge in [0.1, 0.15) is 0 Å². The normalized spacial score (nSPS) is 10.6. The predicted octanol–water partition coefficient (Wildman–Crippen LogP) is 1.63. The summed E-state index contributed by atoms with van der Waals surface area (Å²) < 4.78 is 1.68. The molecule has 8 nitrogen and oxygen atoms in total. The van der Waals surface area contributed by atoms with Crippen LogP contribution in [0.2, 0.25) is 0 Å². The number of aromatic nitrogens is 6. The number of hydrogen-bond donors (Lipinski definition) is 1. The minimum Gasteiger partial charge on any atom is -0.317 e. The van der Waals surface area contributed by atoms with E-state index in [-0.39, 0.29) is 5.82 Å². The highest BCUT2D eigenvalue weighted by molar-refractivity contribution is 6.01. The van der Waals surface area contributed by atoms with Gasteiger partial charge in [-0.3, -0.25) is 4.79 Å². The van der Waals surface area contributed by atoms with E-state index in [0.29, 0.717) is 11.6 Å². The first-order valence-corrected chi connectivity index (χ1v) is 7.00. The van der Waals surface area contributed by atoms with Crippen molar-refractivity contribution in [1.82, 2.24) is 29.7 Å². The van der Waals surface area contributed by atoms with Crippen LogP contribution in [-0.2, 0) is 0 Å². The first-order valence-electron chi connectivity index (χ1n) is 7.00. The highest BCUT2D eigenvalue weighted by Gasteiger charge is 2.12. The lowest BCUT2D eigenvalue weighted by molar-refractivity contribution is 0.101. The quantitative estimate of drug-likeness (QED) is 0.789. The second-order valence-electron chi connectivity index (χ2n) is 5.01. The Hall–Kier alpha value is -3.16. The van der Waals surface area contributed by atoms with E-state index in [9.17, 15) is 4.79 Å². The fourth-order valence-electron chi connectivity index (χ4n) is 2.01. The molecule has 1 amide bonds. The van der Waals surface area contributed by atoms with Gasteiger partial charge in [-0.1, -0.05) is 0 Å². The van der Waals surface area contributed by atoms with Crippen LogP contribution in [0.3, 0.4) is 0 Å². The molecule has 3 rings (SSSR count). The summed E-state index contributed by atoms with van der Waals surface area (Å²) in [5, 5.41) is 7.05. The number of nitrogens with zero attached hydrogens (tertiary/aromatic N) is 6. The second-order valence-corrected chi connectivity index (χ2v) is 5.01. The number of nitrogens with one attached hydrogen (secondary N) is 1. The predicted molar refractivity (Wildman–Crippen MR) is 83.4 cm³/mol. The summed E-state index contributed by atoms with van der Waals surface area (Å²) in [5.74, 6) is 0.127. The van der Waals surface area contributed by atoms with E-state index in [2.05, 4.69) is 30.4 Å². The summed E-state index contributed by atoms with van der Waals surface area (Å²) in [6.45, 7) is 5.90. The maximum atomic E-state index is 12.0. The minimum absolute atomic E-state index is 0.0887. The molecule has 3 aromatic rings. The van der Waals surface area contributed by atoms with Crippen molar-refractivity contribution in [2.75, 3.05) is 5.32 Å². The summed E-state index contributed by atoms with van der Waals surface area (Å²) >= 11 is 0. The summed E-state index contributed by atoms with van der Waals surface area (Å²) in [6, 6.07) is 1.64. The standard InChI is InChI=1S/C15H15N7O/c1-9-10(2)21-22(11(9)3)15-18-7-12(8-19-15)20-14(23)13-16-5-4-6-17-13/h4-8H,1-3H3,(H,20,23). The Morgan fingerprint density at radius 3 is 2.26 bits per heavy atom. The van der Waals surface area contributed by atoms with Crippen molar-refractivity contribution < 1.29 is 4.79 Å². The third-order valence-electron chi connectivity index (χ3n) is 3.51. The van der Waals surface area contributed by atoms with E-state index in [1.54, 1.807) is 10.7 Å². The third kappa shape index (κ3) is 2.91. The van der Waals surface area contributed by atoms with Gasteiger partial charge >= 0.3 is 0 Å². The third-order valence-corrected chi connectivity index (χ3v) is 3.51. The first kappa shape index (κ1) is 14.8. The van der Waals surface area contributed by atoms with Gasteiger partial charge in [0.25, 0.3) is 11.9 Å². The fraction of sp³-hybridized carbons (Fsp3) is 0.200. The minimum atomic E-state index is -0.413. The Morgan fingerprint density at radius 1 is 1.04 bits per heavy atom. The van der Waals surface area contributed by atoms with Crippen LogP contribution in [0.15, 0.2) is 30.9 Å². The molecule has 0 spiro atoms. The maximum Gasteiger partial charge on any atom is 0.293 e. The average Bonchev–Trinajstić information content (AvgIpc) is 2.84. The van der Waals surface area contributed by atoms with Crippen LogP contribution in [-0.4, -0.2) is 35.6 Å². The van der Waals surface area contributed by atoms with Gasteiger partial charge in [0.15, 0.2) is 0 Å². The van der Waals surface area contributed by atoms with Crippen LogP contribution < -0.4 is 5.32 Å². The van der Waals surface area contributed by atoms with Crippen molar-refractivity contribution in [2.24, 2.45) is 0 Å². The van der Waals surface area contributed by atoms with Crippen LogP contribution in [0.1, 0.15) is 27.6 Å². The molecule has 0 fully saturated rings. The number of aryl methyl sites for hydroxylation is 1. The SMILES string of the molecule is Cc1nn(-c2ncc(NC(=O)c3ncccn3)cn2)c(C)c1C. The molecule has 0 aliphatic heterocycles. The highest BCUT2D eigenvalue weighted by Crippen LogP contribution is 2.14. The van der Waals surface area contributed by atoms with Gasteiger partial charge < -0.3 is 5.32 Å². The lowest BCUT2D eigenvalue weighted by Gasteiger charge is -2.05. The zero-order valence-corrected chi connectivity index (χ0v) is 13.0. The molecule has 23 heavy (non-hydrogen) atoms. The molecule has 0 aliphatic rings. The van der Waals surface area contributed by atoms with Crippen molar-refractivity contribution in [3.63, 3.8) is 0 Å². The van der Waals surface area contributed by atoms with Gasteiger partial charge in [0.2, 0.25) is 5.82 Å². The lowest BCUT2D eigenvalue weighted by atomic mass is 10.2. The summed E-state index contributed by atoms with van der Waals surface area (Å²) in [5.41, 5.74) is 3.48. The van der Waals surface area contributed by atoms with Crippen molar-refractivity contribution in [3.05, 3.63) is 53.6 Å². The second kappa shape index (κ2) is 5.91. The molecule has 8 heteroatoms. The highest BCUT2D eigenvalue weighted by atomic mass is 16.2. The smallest absolute Gasteiger partial charge is 0.293 e. The number of hydrogen-bond acceptors (Lipinski definition) is 6. The number of carbonyl (C=O) groups is 1. The van der Waals surface area contributed by atoms with Gasteiger partial charge in [-0.25, -0.2) is 24.6 Å². The van der Waals surface area contributed by atoms with Crippen LogP contribution in [0.4, 0.5) is 5.69 Å². The van der Waals surface area contributed by atoms with Crippen LogP contribution >= 0.6 is 0 Å².